The number of rotatable bonds is 3. The highest BCUT2D eigenvalue weighted by molar-refractivity contribution is 7.98. The van der Waals surface area contributed by atoms with Gasteiger partial charge in [0.05, 0.1) is 0 Å². The molecule has 0 saturated carbocycles. The van der Waals surface area contributed by atoms with E-state index in [4.69, 9.17) is 12.2 Å². The molecule has 0 aliphatic heterocycles. The smallest absolute Gasteiger partial charge is 0.321 e. The molecule has 0 aromatic rings. The maximum Gasteiger partial charge on any atom is 0.321 e. The molecule has 1 atom stereocenters. The molecule has 0 amide bonds. The van der Waals surface area contributed by atoms with Crippen LogP contribution in [0.25, 0.3) is 0 Å². The van der Waals surface area contributed by atoms with Gasteiger partial charge < -0.3 is 10.8 Å². The van der Waals surface area contributed by atoms with Gasteiger partial charge in [0, 0.05) is 7.12 Å². The average Bonchev–Trinajstić information content (AvgIpc) is 1.82. The Balaban J connectivity index is 3.27. The van der Waals surface area contributed by atoms with Gasteiger partial charge in [0.15, 0.2) is 0 Å². The molecule has 48 valence electrons. The Bertz CT molecular complexity index is 101. The van der Waals surface area contributed by atoms with E-state index in [1.165, 1.54) is 11.8 Å². The van der Waals surface area contributed by atoms with Gasteiger partial charge in [-0.3, -0.25) is 4.79 Å². The lowest BCUT2D eigenvalue weighted by molar-refractivity contribution is -0.137. The predicted octanol–water partition coefficient (Wildman–Crippen LogP) is -0.239. The summed E-state index contributed by atoms with van der Waals surface area (Å²) in [4.78, 5) is 10.0. The van der Waals surface area contributed by atoms with Crippen LogP contribution in [0.2, 0.25) is 0 Å². The van der Waals surface area contributed by atoms with Crippen molar-refractivity contribution in [3.63, 3.8) is 0 Å². The van der Waals surface area contributed by atoms with Crippen molar-refractivity contribution in [3.8, 4) is 0 Å². The van der Waals surface area contributed by atoms with Crippen LogP contribution < -0.4 is 5.73 Å². The molecule has 0 heterocycles. The van der Waals surface area contributed by atoms with Crippen LogP contribution in [0.3, 0.4) is 0 Å². The Morgan fingerprint density at radius 2 is 2.88 bits per heavy atom. The third-order valence-corrected chi connectivity index (χ3v) is 1.21. The summed E-state index contributed by atoms with van der Waals surface area (Å²) in [5.41, 5.74) is 5.10. The second-order valence-corrected chi connectivity index (χ2v) is 2.06. The number of carbonyl (C=O) groups is 1. The Kier molecular flexibility index (Phi) is 2.76. The van der Waals surface area contributed by atoms with Crippen LogP contribution >= 0.6 is 11.8 Å². The lowest BCUT2D eigenvalue weighted by Crippen LogP contribution is -2.32. The van der Waals surface area contributed by atoms with Crippen molar-refractivity contribution in [1.82, 2.24) is 0 Å². The summed E-state index contributed by atoms with van der Waals surface area (Å²) >= 11 is 1.21. The van der Waals surface area contributed by atoms with Crippen molar-refractivity contribution in [2.24, 2.45) is 5.73 Å². The minimum Gasteiger partial charge on any atom is -0.480 e. The Morgan fingerprint density at radius 3 is 3.25 bits per heavy atom. The molecule has 0 bridgehead atoms. The minimum atomic E-state index is -1.00. The fourth-order valence-corrected chi connectivity index (χ4v) is 0.595. The first-order valence-electron chi connectivity index (χ1n) is 2.74. The number of aliphatic carboxylic acids is 1. The summed E-state index contributed by atoms with van der Waals surface area (Å²) < 4.78 is 6.65. The van der Waals surface area contributed by atoms with E-state index in [0.717, 1.165) is 0 Å². The summed E-state index contributed by atoms with van der Waals surface area (Å²) in [5.74, 6) is -0.685. The van der Waals surface area contributed by atoms with Crippen molar-refractivity contribution < 1.29 is 11.3 Å². The maximum absolute atomic E-state index is 10.0. The van der Waals surface area contributed by atoms with Crippen molar-refractivity contribution >= 4 is 17.7 Å². The van der Waals surface area contributed by atoms with Crippen LogP contribution in [-0.2, 0) is 4.79 Å². The molecular weight excluding hydrogens is 126 g/mol. The predicted molar refractivity (Wildman–Crippen MR) is 34.0 cm³/mol. The molecule has 8 heavy (non-hydrogen) atoms. The van der Waals surface area contributed by atoms with E-state index in [-0.39, 0.29) is 6.23 Å². The van der Waals surface area contributed by atoms with Gasteiger partial charge >= 0.3 is 5.97 Å². The molecule has 0 aromatic heterocycles. The van der Waals surface area contributed by atoms with Crippen LogP contribution in [0.15, 0.2) is 0 Å². The van der Waals surface area contributed by atoms with Gasteiger partial charge in [-0.05, 0) is 6.23 Å². The second kappa shape index (κ2) is 3.74. The lowest BCUT2D eigenvalue weighted by Gasteiger charge is -2.00. The van der Waals surface area contributed by atoms with E-state index in [1.54, 1.807) is 0 Å². The van der Waals surface area contributed by atoms with Crippen LogP contribution in [0, 0.1) is 0 Å². The first kappa shape index (κ1) is 5.91. The van der Waals surface area contributed by atoms with E-state index >= 15 is 0 Å². The first-order chi connectivity index (χ1) is 4.18. The van der Waals surface area contributed by atoms with Gasteiger partial charge in [-0.2, -0.15) is 11.8 Å². The summed E-state index contributed by atoms with van der Waals surface area (Å²) in [5, 5.41) is 8.21. The van der Waals surface area contributed by atoms with Crippen molar-refractivity contribution in [2.75, 3.05) is 12.0 Å². The van der Waals surface area contributed by atoms with Gasteiger partial charge in [0.1, 0.15) is 6.04 Å². The molecule has 0 radical (unpaired) electrons. The Hall–Kier alpha value is -0.220. The molecule has 4 heteroatoms. The van der Waals surface area contributed by atoms with E-state index in [0.29, 0.717) is 5.75 Å². The number of carboxylic acids is 1. The SMILES string of the molecule is [2H]CSC[C@H](N)C(=O)O. The highest BCUT2D eigenvalue weighted by Gasteiger charge is 2.08. The van der Waals surface area contributed by atoms with Crippen LogP contribution in [0.4, 0.5) is 0 Å². The van der Waals surface area contributed by atoms with Gasteiger partial charge in [-0.25, -0.2) is 0 Å². The van der Waals surface area contributed by atoms with Crippen molar-refractivity contribution in [1.29, 1.82) is 0 Å². The zero-order valence-electron chi connectivity index (χ0n) is 5.33. The van der Waals surface area contributed by atoms with E-state index in [9.17, 15) is 4.79 Å². The van der Waals surface area contributed by atoms with Crippen LogP contribution in [-0.4, -0.2) is 29.1 Å². The monoisotopic (exact) mass is 136 g/mol. The third-order valence-electron chi connectivity index (χ3n) is 0.615. The summed E-state index contributed by atoms with van der Waals surface area (Å²) in [7, 11) is 0. The topological polar surface area (TPSA) is 63.3 Å². The number of hydrogen-bond donors (Lipinski definition) is 2. The Morgan fingerprint density at radius 1 is 2.25 bits per heavy atom. The zero-order chi connectivity index (χ0) is 7.28. The molecular formula is C4H9NO2S. The number of hydrogen-bond acceptors (Lipinski definition) is 3. The molecule has 0 rings (SSSR count). The second-order valence-electron chi connectivity index (χ2n) is 1.32. The van der Waals surface area contributed by atoms with Gasteiger partial charge in [-0.15, -0.1) is 0 Å². The number of thioether (sulfide) groups is 1. The van der Waals surface area contributed by atoms with Crippen LogP contribution in [0.5, 0.6) is 0 Å². The molecule has 3 N–H and O–H groups in total. The molecule has 0 aromatic carbocycles. The molecule has 0 fully saturated rings. The molecule has 0 spiro atoms. The maximum atomic E-state index is 10.0. The molecule has 0 saturated heterocycles. The number of carboxylic acid groups (broad SMARTS) is 1. The van der Waals surface area contributed by atoms with Gasteiger partial charge in [0.2, 0.25) is 0 Å². The average molecular weight is 136 g/mol. The van der Waals surface area contributed by atoms with E-state index in [2.05, 4.69) is 0 Å². The molecule has 3 nitrogen and oxygen atoms in total. The van der Waals surface area contributed by atoms with Crippen molar-refractivity contribution in [2.45, 2.75) is 6.04 Å². The molecule has 0 unspecified atom stereocenters. The Labute approximate surface area is 53.7 Å². The minimum absolute atomic E-state index is 0.168. The first-order valence-corrected chi connectivity index (χ1v) is 3.19. The fraction of sp³-hybridized carbons (Fsp3) is 0.750. The highest BCUT2D eigenvalue weighted by atomic mass is 32.2. The quantitative estimate of drug-likeness (QED) is 0.562. The fourth-order valence-electron chi connectivity index (χ4n) is 0.198. The zero-order valence-corrected chi connectivity index (χ0v) is 5.15. The third kappa shape index (κ3) is 2.87. The van der Waals surface area contributed by atoms with E-state index in [1.807, 2.05) is 0 Å². The summed E-state index contributed by atoms with van der Waals surface area (Å²) in [6.07, 6.45) is 0.168. The summed E-state index contributed by atoms with van der Waals surface area (Å²) in [6.45, 7) is 0. The van der Waals surface area contributed by atoms with Gasteiger partial charge in [0.25, 0.3) is 0 Å². The normalized spacial score (nSPS) is 14.9. The lowest BCUT2D eigenvalue weighted by atomic mass is 10.4. The largest absolute Gasteiger partial charge is 0.480 e. The van der Waals surface area contributed by atoms with Gasteiger partial charge in [-0.1, -0.05) is 0 Å². The summed E-state index contributed by atoms with van der Waals surface area (Å²) in [6, 6.07) is -0.819. The van der Waals surface area contributed by atoms with Crippen molar-refractivity contribution in [3.05, 3.63) is 0 Å². The van der Waals surface area contributed by atoms with E-state index < -0.39 is 12.0 Å². The molecule has 0 aliphatic rings. The number of nitrogens with two attached hydrogens (primary N) is 1. The molecule has 0 aliphatic carbocycles. The highest BCUT2D eigenvalue weighted by Crippen LogP contribution is 1.93. The standard InChI is InChI=1S/C4H9NO2S/c1-8-2-3(5)4(6)7/h3H,2,5H2,1H3,(H,6,7)/t3-/m0/s1/i1D. The van der Waals surface area contributed by atoms with Crippen LogP contribution in [0.1, 0.15) is 1.37 Å².